The summed E-state index contributed by atoms with van der Waals surface area (Å²) in [4.78, 5) is 23.9. The normalized spacial score (nSPS) is 21.0. The van der Waals surface area contributed by atoms with E-state index >= 15 is 0 Å². The van der Waals surface area contributed by atoms with Crippen molar-refractivity contribution in [3.05, 3.63) is 65.5 Å². The van der Waals surface area contributed by atoms with Crippen LogP contribution in [0.25, 0.3) is 0 Å². The van der Waals surface area contributed by atoms with Crippen LogP contribution in [0, 0.1) is 5.82 Å². The number of carbonyl (C=O) groups is 2. The topological polar surface area (TPSA) is 78.4 Å². The van der Waals surface area contributed by atoms with Crippen LogP contribution >= 0.6 is 0 Å². The summed E-state index contributed by atoms with van der Waals surface area (Å²) in [5.74, 6) is -1.57. The molecule has 1 saturated heterocycles. The minimum atomic E-state index is -1.65. The summed E-state index contributed by atoms with van der Waals surface area (Å²) in [6, 6.07) is 10.9. The summed E-state index contributed by atoms with van der Waals surface area (Å²) in [6.07, 6.45) is 0. The highest BCUT2D eigenvalue weighted by molar-refractivity contribution is 6.09. The van der Waals surface area contributed by atoms with E-state index in [2.05, 4.69) is 10.6 Å². The molecular weight excluding hydrogens is 275 g/mol. The molecule has 1 aliphatic rings. The quantitative estimate of drug-likeness (QED) is 0.734. The highest BCUT2D eigenvalue weighted by atomic mass is 19.1. The van der Waals surface area contributed by atoms with Gasteiger partial charge in [-0.1, -0.05) is 30.3 Å². The second kappa shape index (κ2) is 4.59. The number of imide groups is 1. The van der Waals surface area contributed by atoms with Crippen LogP contribution in [0.3, 0.4) is 0 Å². The van der Waals surface area contributed by atoms with Gasteiger partial charge in [-0.05, 0) is 23.8 Å². The van der Waals surface area contributed by atoms with Gasteiger partial charge in [0.2, 0.25) is 0 Å². The lowest BCUT2D eigenvalue weighted by Gasteiger charge is -2.27. The fourth-order valence-electron chi connectivity index (χ4n) is 2.50. The van der Waals surface area contributed by atoms with Crippen LogP contribution in [0.1, 0.15) is 11.1 Å². The molecule has 0 aromatic heterocycles. The molecule has 1 fully saturated rings. The van der Waals surface area contributed by atoms with Crippen molar-refractivity contribution in [3.63, 3.8) is 0 Å². The van der Waals surface area contributed by atoms with Crippen LogP contribution in [0.4, 0.5) is 9.18 Å². The van der Waals surface area contributed by atoms with Gasteiger partial charge in [-0.15, -0.1) is 0 Å². The zero-order chi connectivity index (χ0) is 15.0. The minimum absolute atomic E-state index is 0.0166. The van der Waals surface area contributed by atoms with Crippen LogP contribution in [-0.4, -0.2) is 17.0 Å². The van der Waals surface area contributed by atoms with Gasteiger partial charge in [-0.25, -0.2) is 9.18 Å². The average molecular weight is 286 g/mol. The van der Waals surface area contributed by atoms with Gasteiger partial charge in [0.25, 0.3) is 5.91 Å². The summed E-state index contributed by atoms with van der Waals surface area (Å²) in [5.41, 5.74) is -1.24. The summed E-state index contributed by atoms with van der Waals surface area (Å²) in [6.45, 7) is 0. The molecule has 1 aliphatic heterocycles. The standard InChI is InChI=1S/C15H11FN2O3/c16-10-6-7-12(19)11(8-10)15(9-4-2-1-3-5-9)13(20)17-14(21)18-15/h1-8,19H,(H2,17,18,20,21). The molecule has 2 aromatic carbocycles. The third-order valence-electron chi connectivity index (χ3n) is 3.44. The number of halogens is 1. The van der Waals surface area contributed by atoms with E-state index in [4.69, 9.17) is 0 Å². The van der Waals surface area contributed by atoms with E-state index in [0.29, 0.717) is 5.56 Å². The van der Waals surface area contributed by atoms with Crippen molar-refractivity contribution < 1.29 is 19.1 Å². The first-order valence-electron chi connectivity index (χ1n) is 6.22. The van der Waals surface area contributed by atoms with Gasteiger partial charge >= 0.3 is 6.03 Å². The summed E-state index contributed by atoms with van der Waals surface area (Å²) >= 11 is 0. The second-order valence-corrected chi connectivity index (χ2v) is 4.69. The van der Waals surface area contributed by atoms with Crippen molar-refractivity contribution in [3.8, 4) is 5.75 Å². The predicted molar refractivity (Wildman–Crippen MR) is 72.0 cm³/mol. The van der Waals surface area contributed by atoms with E-state index in [-0.39, 0.29) is 11.3 Å². The zero-order valence-corrected chi connectivity index (χ0v) is 10.8. The van der Waals surface area contributed by atoms with Crippen LogP contribution in [0.5, 0.6) is 5.75 Å². The Morgan fingerprint density at radius 1 is 1.05 bits per heavy atom. The van der Waals surface area contributed by atoms with E-state index in [1.54, 1.807) is 30.3 Å². The SMILES string of the molecule is O=C1NC(=O)C(c2ccccc2)(c2cc(F)ccc2O)N1. The van der Waals surface area contributed by atoms with Gasteiger partial charge in [0.15, 0.2) is 5.54 Å². The van der Waals surface area contributed by atoms with Crippen LogP contribution in [0.15, 0.2) is 48.5 Å². The zero-order valence-electron chi connectivity index (χ0n) is 10.8. The molecule has 1 unspecified atom stereocenters. The largest absolute Gasteiger partial charge is 0.508 e. The summed E-state index contributed by atoms with van der Waals surface area (Å²) in [7, 11) is 0. The van der Waals surface area contributed by atoms with Gasteiger partial charge in [0.05, 0.1) is 0 Å². The molecule has 3 amide bonds. The number of hydrogen-bond acceptors (Lipinski definition) is 3. The lowest BCUT2D eigenvalue weighted by Crippen LogP contribution is -2.45. The van der Waals surface area contributed by atoms with Gasteiger partial charge in [-0.2, -0.15) is 0 Å². The maximum atomic E-state index is 13.6. The predicted octanol–water partition coefficient (Wildman–Crippen LogP) is 1.61. The number of phenolic OH excluding ortho intramolecular Hbond substituents is 1. The van der Waals surface area contributed by atoms with Crippen molar-refractivity contribution >= 4 is 11.9 Å². The Morgan fingerprint density at radius 2 is 1.76 bits per heavy atom. The molecule has 0 bridgehead atoms. The summed E-state index contributed by atoms with van der Waals surface area (Å²) < 4.78 is 13.6. The maximum Gasteiger partial charge on any atom is 0.322 e. The fourth-order valence-corrected chi connectivity index (χ4v) is 2.50. The van der Waals surface area contributed by atoms with Gasteiger partial charge in [0.1, 0.15) is 11.6 Å². The van der Waals surface area contributed by atoms with Crippen LogP contribution in [0.2, 0.25) is 0 Å². The Kier molecular flexibility index (Phi) is 2.86. The highest BCUT2D eigenvalue weighted by Gasteiger charge is 2.50. The Bertz CT molecular complexity index is 733. The van der Waals surface area contributed by atoms with Gasteiger partial charge < -0.3 is 10.4 Å². The first-order chi connectivity index (χ1) is 10.0. The number of rotatable bonds is 2. The maximum absolute atomic E-state index is 13.6. The molecule has 21 heavy (non-hydrogen) atoms. The molecule has 0 saturated carbocycles. The number of phenols is 1. The Labute approximate surface area is 119 Å². The van der Waals surface area contributed by atoms with Crippen LogP contribution < -0.4 is 10.6 Å². The van der Waals surface area contributed by atoms with E-state index < -0.39 is 23.3 Å². The number of nitrogens with one attached hydrogen (secondary N) is 2. The molecule has 0 aliphatic carbocycles. The number of hydrogen-bond donors (Lipinski definition) is 3. The second-order valence-electron chi connectivity index (χ2n) is 4.69. The highest BCUT2D eigenvalue weighted by Crippen LogP contribution is 2.37. The van der Waals surface area contributed by atoms with E-state index in [9.17, 15) is 19.1 Å². The number of benzene rings is 2. The third kappa shape index (κ3) is 1.92. The summed E-state index contributed by atoms with van der Waals surface area (Å²) in [5, 5.41) is 14.6. The number of amides is 3. The van der Waals surface area contributed by atoms with Crippen molar-refractivity contribution in [1.29, 1.82) is 0 Å². The lowest BCUT2D eigenvalue weighted by molar-refractivity contribution is -0.122. The first-order valence-corrected chi connectivity index (χ1v) is 6.22. The first kappa shape index (κ1) is 13.1. The monoisotopic (exact) mass is 286 g/mol. The molecule has 106 valence electrons. The van der Waals surface area contributed by atoms with Gasteiger partial charge in [-0.3, -0.25) is 10.1 Å². The molecule has 1 heterocycles. The number of aromatic hydroxyl groups is 1. The molecule has 1 atom stereocenters. The Hall–Kier alpha value is -2.89. The minimum Gasteiger partial charge on any atom is -0.508 e. The number of carbonyl (C=O) groups excluding carboxylic acids is 2. The third-order valence-corrected chi connectivity index (χ3v) is 3.44. The molecule has 5 nitrogen and oxygen atoms in total. The lowest BCUT2D eigenvalue weighted by atomic mass is 9.82. The Morgan fingerprint density at radius 3 is 2.38 bits per heavy atom. The van der Waals surface area contributed by atoms with Crippen molar-refractivity contribution in [1.82, 2.24) is 10.6 Å². The Balaban J connectivity index is 2.30. The molecule has 0 spiro atoms. The van der Waals surface area contributed by atoms with E-state index in [1.807, 2.05) is 0 Å². The van der Waals surface area contributed by atoms with Gasteiger partial charge in [0, 0.05) is 5.56 Å². The van der Waals surface area contributed by atoms with Crippen molar-refractivity contribution in [2.45, 2.75) is 5.54 Å². The molecule has 3 rings (SSSR count). The molecule has 3 N–H and O–H groups in total. The molecular formula is C15H11FN2O3. The van der Waals surface area contributed by atoms with Crippen molar-refractivity contribution in [2.75, 3.05) is 0 Å². The van der Waals surface area contributed by atoms with E-state index in [0.717, 1.165) is 18.2 Å². The smallest absolute Gasteiger partial charge is 0.322 e. The number of urea groups is 1. The fraction of sp³-hybridized carbons (Fsp3) is 0.0667. The van der Waals surface area contributed by atoms with E-state index in [1.165, 1.54) is 0 Å². The van der Waals surface area contributed by atoms with Crippen molar-refractivity contribution in [2.24, 2.45) is 0 Å². The van der Waals surface area contributed by atoms with Crippen LogP contribution in [-0.2, 0) is 10.3 Å². The molecule has 2 aromatic rings. The average Bonchev–Trinajstić information content (AvgIpc) is 2.78. The molecule has 6 heteroatoms. The molecule has 0 radical (unpaired) electrons.